The highest BCUT2D eigenvalue weighted by molar-refractivity contribution is 7.89. The maximum atomic E-state index is 11.9. The zero-order valence-corrected chi connectivity index (χ0v) is 10.1. The SMILES string of the molecule is Cc1cccc(N)c1S(=O)(=O)NC[C@@H](C)O. The molecule has 1 aromatic carbocycles. The Morgan fingerprint density at radius 2 is 2.12 bits per heavy atom. The average molecular weight is 244 g/mol. The third-order valence-corrected chi connectivity index (χ3v) is 3.72. The summed E-state index contributed by atoms with van der Waals surface area (Å²) in [7, 11) is -3.65. The fourth-order valence-electron chi connectivity index (χ4n) is 1.34. The minimum absolute atomic E-state index is 0.0316. The largest absolute Gasteiger partial charge is 0.398 e. The molecule has 0 amide bonds. The normalized spacial score (nSPS) is 13.7. The standard InChI is InChI=1S/C10H16N2O3S/c1-7-4-3-5-9(11)10(7)16(14,15)12-6-8(2)13/h3-5,8,12-13H,6,11H2,1-2H3/t8-/m1/s1. The van der Waals surface area contributed by atoms with E-state index in [1.807, 2.05) is 0 Å². The Morgan fingerprint density at radius 3 is 2.62 bits per heavy atom. The van der Waals surface area contributed by atoms with Crippen molar-refractivity contribution in [1.82, 2.24) is 4.72 Å². The van der Waals surface area contributed by atoms with Crippen molar-refractivity contribution in [3.63, 3.8) is 0 Å². The van der Waals surface area contributed by atoms with Gasteiger partial charge in [-0.3, -0.25) is 0 Å². The number of nitrogens with two attached hydrogens (primary N) is 1. The van der Waals surface area contributed by atoms with Crippen molar-refractivity contribution >= 4 is 15.7 Å². The summed E-state index contributed by atoms with van der Waals surface area (Å²) < 4.78 is 26.1. The Hall–Kier alpha value is -1.11. The van der Waals surface area contributed by atoms with Gasteiger partial charge in [0.15, 0.2) is 0 Å². The first-order valence-corrected chi connectivity index (χ1v) is 6.35. The molecule has 5 nitrogen and oxygen atoms in total. The topological polar surface area (TPSA) is 92.4 Å². The van der Waals surface area contributed by atoms with Crippen molar-refractivity contribution in [2.45, 2.75) is 24.8 Å². The molecule has 0 aliphatic heterocycles. The molecule has 0 unspecified atom stereocenters. The van der Waals surface area contributed by atoms with Gasteiger partial charge in [0.2, 0.25) is 10.0 Å². The monoisotopic (exact) mass is 244 g/mol. The molecule has 6 heteroatoms. The third kappa shape index (κ3) is 2.94. The second kappa shape index (κ2) is 4.82. The first-order valence-electron chi connectivity index (χ1n) is 4.87. The zero-order valence-electron chi connectivity index (χ0n) is 9.27. The van der Waals surface area contributed by atoms with Crippen LogP contribution in [0.25, 0.3) is 0 Å². The first-order chi connectivity index (χ1) is 7.34. The van der Waals surface area contributed by atoms with Crippen LogP contribution >= 0.6 is 0 Å². The van der Waals surface area contributed by atoms with Gasteiger partial charge in [-0.1, -0.05) is 12.1 Å². The van der Waals surface area contributed by atoms with Crippen molar-refractivity contribution in [3.05, 3.63) is 23.8 Å². The number of aliphatic hydroxyl groups is 1. The van der Waals surface area contributed by atoms with Crippen molar-refractivity contribution in [3.8, 4) is 0 Å². The minimum atomic E-state index is -3.65. The summed E-state index contributed by atoms with van der Waals surface area (Å²) >= 11 is 0. The van der Waals surface area contributed by atoms with Crippen molar-refractivity contribution in [1.29, 1.82) is 0 Å². The van der Waals surface area contributed by atoms with E-state index >= 15 is 0 Å². The number of hydrogen-bond donors (Lipinski definition) is 3. The molecule has 1 rings (SSSR count). The number of rotatable bonds is 4. The number of sulfonamides is 1. The van der Waals surface area contributed by atoms with Crippen LogP contribution in [0.5, 0.6) is 0 Å². The fraction of sp³-hybridized carbons (Fsp3) is 0.400. The van der Waals surface area contributed by atoms with Crippen LogP contribution in [0.1, 0.15) is 12.5 Å². The third-order valence-electron chi connectivity index (χ3n) is 2.08. The first kappa shape index (κ1) is 13.0. The van der Waals surface area contributed by atoms with Gasteiger partial charge >= 0.3 is 0 Å². The van der Waals surface area contributed by atoms with E-state index < -0.39 is 16.1 Å². The summed E-state index contributed by atoms with van der Waals surface area (Å²) in [6, 6.07) is 4.90. The van der Waals surface area contributed by atoms with Gasteiger partial charge in [0, 0.05) is 6.54 Å². The molecular weight excluding hydrogens is 228 g/mol. The molecule has 0 saturated heterocycles. The molecule has 0 spiro atoms. The summed E-state index contributed by atoms with van der Waals surface area (Å²) in [6.45, 7) is 3.15. The molecule has 0 bridgehead atoms. The van der Waals surface area contributed by atoms with E-state index in [-0.39, 0.29) is 17.1 Å². The average Bonchev–Trinajstić information content (AvgIpc) is 2.14. The number of nitrogens with one attached hydrogen (secondary N) is 1. The fourth-order valence-corrected chi connectivity index (χ4v) is 2.82. The van der Waals surface area contributed by atoms with E-state index in [1.54, 1.807) is 19.1 Å². The van der Waals surface area contributed by atoms with E-state index in [2.05, 4.69) is 4.72 Å². The molecule has 0 aliphatic carbocycles. The van der Waals surface area contributed by atoms with Crippen molar-refractivity contribution in [2.75, 3.05) is 12.3 Å². The highest BCUT2D eigenvalue weighted by atomic mass is 32.2. The molecule has 0 heterocycles. The lowest BCUT2D eigenvalue weighted by Gasteiger charge is -2.12. The van der Waals surface area contributed by atoms with Gasteiger partial charge in [-0.15, -0.1) is 0 Å². The molecular formula is C10H16N2O3S. The molecule has 0 radical (unpaired) electrons. The summed E-state index contributed by atoms with van der Waals surface area (Å²) in [6.07, 6.45) is -0.736. The molecule has 1 atom stereocenters. The minimum Gasteiger partial charge on any atom is -0.398 e. The second-order valence-electron chi connectivity index (χ2n) is 3.69. The maximum Gasteiger partial charge on any atom is 0.242 e. The molecule has 0 aromatic heterocycles. The highest BCUT2D eigenvalue weighted by Crippen LogP contribution is 2.21. The smallest absolute Gasteiger partial charge is 0.242 e. The number of nitrogen functional groups attached to an aromatic ring is 1. The van der Waals surface area contributed by atoms with Crippen LogP contribution in [0.4, 0.5) is 5.69 Å². The van der Waals surface area contributed by atoms with Gasteiger partial charge in [0.05, 0.1) is 11.8 Å². The summed E-state index contributed by atoms with van der Waals surface area (Å²) in [5.41, 5.74) is 6.42. The van der Waals surface area contributed by atoms with Crippen LogP contribution in [-0.2, 0) is 10.0 Å². The predicted molar refractivity (Wildman–Crippen MR) is 62.5 cm³/mol. The summed E-state index contributed by atoms with van der Waals surface area (Å²) in [4.78, 5) is 0.0793. The molecule has 0 aliphatic rings. The van der Waals surface area contributed by atoms with Crippen LogP contribution < -0.4 is 10.5 Å². The predicted octanol–water partition coefficient (Wildman–Crippen LogP) is 0.236. The molecule has 1 aromatic rings. The second-order valence-corrected chi connectivity index (χ2v) is 5.40. The van der Waals surface area contributed by atoms with Crippen molar-refractivity contribution in [2.24, 2.45) is 0 Å². The zero-order chi connectivity index (χ0) is 12.3. The lowest BCUT2D eigenvalue weighted by Crippen LogP contribution is -2.31. The van der Waals surface area contributed by atoms with Crippen LogP contribution in [0.15, 0.2) is 23.1 Å². The lowest BCUT2D eigenvalue weighted by atomic mass is 10.2. The van der Waals surface area contributed by atoms with E-state index in [9.17, 15) is 8.42 Å². The number of aryl methyl sites for hydroxylation is 1. The van der Waals surface area contributed by atoms with Gasteiger partial charge in [0.25, 0.3) is 0 Å². The van der Waals surface area contributed by atoms with E-state index in [0.29, 0.717) is 5.56 Å². The molecule has 4 N–H and O–H groups in total. The number of benzene rings is 1. The van der Waals surface area contributed by atoms with Crippen LogP contribution in [0.3, 0.4) is 0 Å². The quantitative estimate of drug-likeness (QED) is 0.661. The van der Waals surface area contributed by atoms with Gasteiger partial charge < -0.3 is 10.8 Å². The van der Waals surface area contributed by atoms with Crippen LogP contribution in [0.2, 0.25) is 0 Å². The van der Waals surface area contributed by atoms with Gasteiger partial charge in [-0.25, -0.2) is 13.1 Å². The number of aliphatic hydroxyl groups excluding tert-OH is 1. The summed E-state index contributed by atoms with van der Waals surface area (Å²) in [5.74, 6) is 0. The van der Waals surface area contributed by atoms with Gasteiger partial charge in [0.1, 0.15) is 4.90 Å². The Labute approximate surface area is 95.3 Å². The van der Waals surface area contributed by atoms with Gasteiger partial charge in [-0.05, 0) is 25.5 Å². The van der Waals surface area contributed by atoms with Crippen LogP contribution in [-0.4, -0.2) is 26.2 Å². The molecule has 0 saturated carbocycles. The molecule has 0 fully saturated rings. The Morgan fingerprint density at radius 1 is 1.50 bits per heavy atom. The van der Waals surface area contributed by atoms with E-state index in [0.717, 1.165) is 0 Å². The van der Waals surface area contributed by atoms with E-state index in [4.69, 9.17) is 10.8 Å². The highest BCUT2D eigenvalue weighted by Gasteiger charge is 2.19. The Kier molecular flexibility index (Phi) is 3.90. The summed E-state index contributed by atoms with van der Waals surface area (Å²) in [5, 5.41) is 9.04. The van der Waals surface area contributed by atoms with Crippen LogP contribution in [0, 0.1) is 6.92 Å². The molecule has 16 heavy (non-hydrogen) atoms. The number of anilines is 1. The van der Waals surface area contributed by atoms with Crippen molar-refractivity contribution < 1.29 is 13.5 Å². The van der Waals surface area contributed by atoms with Gasteiger partial charge in [-0.2, -0.15) is 0 Å². The van der Waals surface area contributed by atoms with E-state index in [1.165, 1.54) is 13.0 Å². The molecule has 90 valence electrons. The Balaban J connectivity index is 3.08. The maximum absolute atomic E-state index is 11.9. The number of hydrogen-bond acceptors (Lipinski definition) is 4. The Bertz CT molecular complexity index is 449. The lowest BCUT2D eigenvalue weighted by molar-refractivity contribution is 0.198.